The molecule has 2 aliphatic carbocycles. The van der Waals surface area contributed by atoms with Gasteiger partial charge in [0.2, 0.25) is 5.91 Å². The van der Waals surface area contributed by atoms with Crippen molar-refractivity contribution in [1.29, 1.82) is 0 Å². The molecule has 2 fully saturated rings. The number of carbonyl (C=O) groups is 1. The molecule has 0 unspecified atom stereocenters. The Kier molecular flexibility index (Phi) is 5.54. The molecule has 0 bridgehead atoms. The molecule has 0 aromatic carbocycles. The molecule has 0 spiro atoms. The standard InChI is InChI=1S/C20H31N3O/c1-15-8-12-22-14-18(15)17-6-4-16(5-7-17)9-13-23-20(19(21)24)10-2-3-11-20/h8,12,14,16-17,23H,2-7,9-11,13H2,1H3,(H2,21,24). The van der Waals surface area contributed by atoms with E-state index in [0.717, 1.165) is 44.6 Å². The van der Waals surface area contributed by atoms with Crippen molar-refractivity contribution < 1.29 is 4.79 Å². The highest BCUT2D eigenvalue weighted by Crippen LogP contribution is 2.38. The van der Waals surface area contributed by atoms with E-state index in [-0.39, 0.29) is 5.91 Å². The minimum absolute atomic E-state index is 0.157. The van der Waals surface area contributed by atoms with E-state index in [2.05, 4.69) is 29.5 Å². The fourth-order valence-electron chi connectivity index (χ4n) is 4.67. The second-order valence-electron chi connectivity index (χ2n) is 7.82. The number of hydrogen-bond acceptors (Lipinski definition) is 3. The van der Waals surface area contributed by atoms with Crippen LogP contribution in [0.1, 0.15) is 74.8 Å². The number of nitrogens with two attached hydrogens (primary N) is 1. The molecule has 2 saturated carbocycles. The van der Waals surface area contributed by atoms with E-state index in [1.54, 1.807) is 0 Å². The number of primary amides is 1. The van der Waals surface area contributed by atoms with Crippen molar-refractivity contribution in [1.82, 2.24) is 10.3 Å². The van der Waals surface area contributed by atoms with Crippen LogP contribution in [0.5, 0.6) is 0 Å². The molecular weight excluding hydrogens is 298 g/mol. The van der Waals surface area contributed by atoms with Gasteiger partial charge in [-0.3, -0.25) is 9.78 Å². The highest BCUT2D eigenvalue weighted by molar-refractivity contribution is 5.85. The van der Waals surface area contributed by atoms with Gasteiger partial charge >= 0.3 is 0 Å². The summed E-state index contributed by atoms with van der Waals surface area (Å²) in [5.41, 5.74) is 8.04. The average Bonchev–Trinajstić information content (AvgIpc) is 3.06. The Morgan fingerprint density at radius 2 is 2.00 bits per heavy atom. The van der Waals surface area contributed by atoms with Crippen molar-refractivity contribution >= 4 is 5.91 Å². The molecule has 0 saturated heterocycles. The highest BCUT2D eigenvalue weighted by Gasteiger charge is 2.38. The maximum absolute atomic E-state index is 11.8. The number of amides is 1. The van der Waals surface area contributed by atoms with E-state index < -0.39 is 5.54 Å². The van der Waals surface area contributed by atoms with Gasteiger partial charge in [-0.25, -0.2) is 0 Å². The minimum atomic E-state index is -0.413. The predicted octanol–water partition coefficient (Wildman–Crippen LogP) is 3.44. The van der Waals surface area contributed by atoms with Crippen LogP contribution in [-0.2, 0) is 4.79 Å². The molecule has 1 aromatic heterocycles. The summed E-state index contributed by atoms with van der Waals surface area (Å²) in [6.07, 6.45) is 14.2. The van der Waals surface area contributed by atoms with Gasteiger partial charge in [0.1, 0.15) is 0 Å². The van der Waals surface area contributed by atoms with Crippen LogP contribution in [0.25, 0.3) is 0 Å². The van der Waals surface area contributed by atoms with E-state index in [4.69, 9.17) is 5.73 Å². The van der Waals surface area contributed by atoms with Crippen LogP contribution in [0.3, 0.4) is 0 Å². The van der Waals surface area contributed by atoms with Crippen LogP contribution in [0.2, 0.25) is 0 Å². The summed E-state index contributed by atoms with van der Waals surface area (Å²) in [6, 6.07) is 2.12. The Hall–Kier alpha value is -1.42. The Morgan fingerprint density at radius 1 is 1.29 bits per heavy atom. The van der Waals surface area contributed by atoms with Crippen molar-refractivity contribution in [3.05, 3.63) is 29.6 Å². The van der Waals surface area contributed by atoms with Crippen LogP contribution < -0.4 is 11.1 Å². The number of rotatable bonds is 6. The molecule has 1 amide bonds. The Bertz CT molecular complexity index is 558. The van der Waals surface area contributed by atoms with E-state index in [1.807, 2.05) is 6.20 Å². The number of hydrogen-bond donors (Lipinski definition) is 2. The molecule has 4 nitrogen and oxygen atoms in total. The molecule has 3 rings (SSSR count). The van der Waals surface area contributed by atoms with Gasteiger partial charge in [-0.15, -0.1) is 0 Å². The van der Waals surface area contributed by atoms with Crippen molar-refractivity contribution in [2.45, 2.75) is 76.2 Å². The molecule has 24 heavy (non-hydrogen) atoms. The summed E-state index contributed by atoms with van der Waals surface area (Å²) in [4.78, 5) is 16.1. The number of nitrogens with one attached hydrogen (secondary N) is 1. The van der Waals surface area contributed by atoms with Crippen molar-refractivity contribution in [3.8, 4) is 0 Å². The lowest BCUT2D eigenvalue weighted by atomic mass is 9.77. The number of nitrogens with zero attached hydrogens (tertiary/aromatic N) is 1. The fourth-order valence-corrected chi connectivity index (χ4v) is 4.67. The van der Waals surface area contributed by atoms with E-state index >= 15 is 0 Å². The number of pyridine rings is 1. The first-order valence-corrected chi connectivity index (χ1v) is 9.56. The van der Waals surface area contributed by atoms with Crippen LogP contribution in [0.4, 0.5) is 0 Å². The molecule has 2 aliphatic rings. The van der Waals surface area contributed by atoms with Crippen LogP contribution in [0.15, 0.2) is 18.5 Å². The summed E-state index contributed by atoms with van der Waals surface area (Å²) >= 11 is 0. The third kappa shape index (κ3) is 3.80. The van der Waals surface area contributed by atoms with Gasteiger partial charge in [-0.1, -0.05) is 12.8 Å². The zero-order valence-corrected chi connectivity index (χ0v) is 14.9. The van der Waals surface area contributed by atoms with Crippen LogP contribution in [-0.4, -0.2) is 23.0 Å². The van der Waals surface area contributed by atoms with Crippen LogP contribution in [0, 0.1) is 12.8 Å². The molecule has 4 heteroatoms. The Labute approximate surface area is 145 Å². The molecule has 3 N–H and O–H groups in total. The summed E-state index contributed by atoms with van der Waals surface area (Å²) in [5, 5.41) is 3.51. The van der Waals surface area contributed by atoms with Gasteiger partial charge in [0.15, 0.2) is 0 Å². The number of aromatic nitrogens is 1. The maximum atomic E-state index is 11.8. The average molecular weight is 329 g/mol. The normalized spacial score (nSPS) is 26.4. The lowest BCUT2D eigenvalue weighted by Crippen LogP contribution is -2.53. The van der Waals surface area contributed by atoms with Crippen LogP contribution >= 0.6 is 0 Å². The van der Waals surface area contributed by atoms with Crippen molar-refractivity contribution in [2.24, 2.45) is 11.7 Å². The minimum Gasteiger partial charge on any atom is -0.368 e. The zero-order chi connectivity index (χ0) is 17.0. The third-order valence-electron chi connectivity index (χ3n) is 6.31. The van der Waals surface area contributed by atoms with Crippen molar-refractivity contribution in [2.75, 3.05) is 6.54 Å². The highest BCUT2D eigenvalue weighted by atomic mass is 16.1. The molecule has 132 valence electrons. The third-order valence-corrected chi connectivity index (χ3v) is 6.31. The Balaban J connectivity index is 1.44. The van der Waals surface area contributed by atoms with Gasteiger partial charge in [0.05, 0.1) is 5.54 Å². The lowest BCUT2D eigenvalue weighted by Gasteiger charge is -2.31. The summed E-state index contributed by atoms with van der Waals surface area (Å²) in [6.45, 7) is 3.11. The molecular formula is C20H31N3O. The Morgan fingerprint density at radius 3 is 2.62 bits per heavy atom. The fraction of sp³-hybridized carbons (Fsp3) is 0.700. The van der Waals surface area contributed by atoms with Gasteiger partial charge in [0, 0.05) is 12.4 Å². The quantitative estimate of drug-likeness (QED) is 0.840. The largest absolute Gasteiger partial charge is 0.368 e. The van der Waals surface area contributed by atoms with Gasteiger partial charge in [0.25, 0.3) is 0 Å². The second kappa shape index (κ2) is 7.64. The smallest absolute Gasteiger partial charge is 0.237 e. The SMILES string of the molecule is Cc1ccncc1C1CCC(CCNC2(C(N)=O)CCCC2)CC1. The predicted molar refractivity (Wildman–Crippen MR) is 96.7 cm³/mol. The van der Waals surface area contributed by atoms with Gasteiger partial charge < -0.3 is 11.1 Å². The maximum Gasteiger partial charge on any atom is 0.237 e. The molecule has 1 aromatic rings. The number of aryl methyl sites for hydroxylation is 1. The zero-order valence-electron chi connectivity index (χ0n) is 14.9. The second-order valence-corrected chi connectivity index (χ2v) is 7.82. The summed E-state index contributed by atoms with van der Waals surface area (Å²) in [7, 11) is 0. The van der Waals surface area contributed by atoms with Gasteiger partial charge in [-0.05, 0) is 87.4 Å². The van der Waals surface area contributed by atoms with E-state index in [0.29, 0.717) is 5.92 Å². The van der Waals surface area contributed by atoms with E-state index in [9.17, 15) is 4.79 Å². The van der Waals surface area contributed by atoms with Crippen molar-refractivity contribution in [3.63, 3.8) is 0 Å². The first-order valence-electron chi connectivity index (χ1n) is 9.56. The molecule has 0 radical (unpaired) electrons. The summed E-state index contributed by atoms with van der Waals surface area (Å²) < 4.78 is 0. The monoisotopic (exact) mass is 329 g/mol. The number of carbonyl (C=O) groups excluding carboxylic acids is 1. The molecule has 1 heterocycles. The lowest BCUT2D eigenvalue weighted by molar-refractivity contribution is -0.124. The molecule has 0 atom stereocenters. The first-order chi connectivity index (χ1) is 11.6. The molecule has 0 aliphatic heterocycles. The topological polar surface area (TPSA) is 68.0 Å². The first kappa shape index (κ1) is 17.4. The summed E-state index contributed by atoms with van der Waals surface area (Å²) in [5.74, 6) is 1.29. The van der Waals surface area contributed by atoms with E-state index in [1.165, 1.54) is 36.8 Å². The van der Waals surface area contributed by atoms with Gasteiger partial charge in [-0.2, -0.15) is 0 Å².